The monoisotopic (exact) mass is 342 g/mol. The molecule has 1 rings (SSSR count). The third kappa shape index (κ3) is 4.57. The summed E-state index contributed by atoms with van der Waals surface area (Å²) in [6.45, 7) is -0.539. The smallest absolute Gasteiger partial charge is 0.261 e. The Hall–Kier alpha value is -0.000000000000000111. The lowest BCUT2D eigenvalue weighted by Gasteiger charge is -2.15. The summed E-state index contributed by atoms with van der Waals surface area (Å²) in [5, 5.41) is 0.496. The molecule has 0 aliphatic heterocycles. The summed E-state index contributed by atoms with van der Waals surface area (Å²) in [5.74, 6) is 0. The van der Waals surface area contributed by atoms with Gasteiger partial charge >= 0.3 is 0 Å². The van der Waals surface area contributed by atoms with E-state index in [1.807, 2.05) is 24.3 Å². The van der Waals surface area contributed by atoms with Gasteiger partial charge in [0.05, 0.1) is 6.10 Å². The minimum absolute atomic E-state index is 0.337. The molecule has 0 fully saturated rings. The quantitative estimate of drug-likeness (QED) is 0.729. The number of hydrogen-bond acceptors (Lipinski definition) is 1. The summed E-state index contributed by atoms with van der Waals surface area (Å²) < 4.78 is 29.9. The van der Waals surface area contributed by atoms with E-state index in [4.69, 9.17) is 4.74 Å². The molecule has 1 unspecified atom stereocenters. The molecular formula is C10H10Br2F2O. The normalized spacial score (nSPS) is 13.1. The van der Waals surface area contributed by atoms with Gasteiger partial charge in [-0.3, -0.25) is 0 Å². The van der Waals surface area contributed by atoms with Crippen LogP contribution in [-0.4, -0.2) is 18.4 Å². The van der Waals surface area contributed by atoms with Crippen molar-refractivity contribution in [1.29, 1.82) is 0 Å². The lowest BCUT2D eigenvalue weighted by atomic mass is 10.1. The van der Waals surface area contributed by atoms with Crippen LogP contribution in [0.3, 0.4) is 0 Å². The van der Waals surface area contributed by atoms with E-state index in [-0.39, 0.29) is 6.10 Å². The summed E-state index contributed by atoms with van der Waals surface area (Å²) in [5.41, 5.74) is 0.877. The fourth-order valence-corrected chi connectivity index (χ4v) is 2.10. The van der Waals surface area contributed by atoms with E-state index >= 15 is 0 Å². The van der Waals surface area contributed by atoms with Crippen LogP contribution in [0.15, 0.2) is 28.7 Å². The van der Waals surface area contributed by atoms with E-state index in [0.29, 0.717) is 5.33 Å². The second-order valence-corrected chi connectivity index (χ2v) is 4.49. The Morgan fingerprint density at radius 3 is 2.60 bits per heavy atom. The second-order valence-electron chi connectivity index (χ2n) is 2.92. The van der Waals surface area contributed by atoms with Crippen molar-refractivity contribution in [1.82, 2.24) is 0 Å². The molecule has 1 nitrogen and oxygen atoms in total. The molecule has 1 aromatic carbocycles. The van der Waals surface area contributed by atoms with Crippen molar-refractivity contribution in [2.45, 2.75) is 12.5 Å². The highest BCUT2D eigenvalue weighted by molar-refractivity contribution is 9.10. The molecule has 0 saturated carbocycles. The van der Waals surface area contributed by atoms with Gasteiger partial charge in [0.1, 0.15) is 6.61 Å². The summed E-state index contributed by atoms with van der Waals surface area (Å²) in [7, 11) is 0. The molecule has 0 aliphatic rings. The minimum Gasteiger partial charge on any atom is -0.367 e. The van der Waals surface area contributed by atoms with Crippen LogP contribution in [0.2, 0.25) is 0 Å². The van der Waals surface area contributed by atoms with Crippen LogP contribution in [0.5, 0.6) is 0 Å². The number of rotatable bonds is 5. The molecule has 0 heterocycles. The average Bonchev–Trinajstić information content (AvgIpc) is 2.18. The number of ether oxygens (including phenoxy) is 1. The highest BCUT2D eigenvalue weighted by Gasteiger charge is 2.13. The number of alkyl halides is 3. The highest BCUT2D eigenvalue weighted by atomic mass is 79.9. The molecule has 1 aromatic rings. The molecular weight excluding hydrogens is 334 g/mol. The van der Waals surface area contributed by atoms with Crippen molar-refractivity contribution < 1.29 is 13.5 Å². The molecule has 0 N–H and O–H groups in total. The van der Waals surface area contributed by atoms with Crippen molar-refractivity contribution in [2.24, 2.45) is 0 Å². The van der Waals surface area contributed by atoms with E-state index in [1.165, 1.54) is 0 Å². The summed E-state index contributed by atoms with van der Waals surface area (Å²) >= 11 is 6.56. The van der Waals surface area contributed by atoms with Crippen LogP contribution >= 0.6 is 31.9 Å². The van der Waals surface area contributed by atoms with E-state index in [0.717, 1.165) is 10.0 Å². The zero-order chi connectivity index (χ0) is 11.3. The molecule has 5 heteroatoms. The Labute approximate surface area is 104 Å². The fraction of sp³-hybridized carbons (Fsp3) is 0.400. The molecule has 15 heavy (non-hydrogen) atoms. The van der Waals surface area contributed by atoms with Crippen molar-refractivity contribution in [2.75, 3.05) is 11.9 Å². The lowest BCUT2D eigenvalue weighted by molar-refractivity contribution is -0.0159. The topological polar surface area (TPSA) is 9.23 Å². The van der Waals surface area contributed by atoms with Crippen molar-refractivity contribution in [3.05, 3.63) is 34.3 Å². The van der Waals surface area contributed by atoms with Gasteiger partial charge in [-0.05, 0) is 17.7 Å². The Kier molecular flexibility index (Phi) is 5.71. The van der Waals surface area contributed by atoms with E-state index < -0.39 is 13.0 Å². The maximum absolute atomic E-state index is 12.0. The van der Waals surface area contributed by atoms with E-state index in [9.17, 15) is 8.78 Å². The highest BCUT2D eigenvalue weighted by Crippen LogP contribution is 2.23. The Morgan fingerprint density at radius 2 is 2.07 bits per heavy atom. The Morgan fingerprint density at radius 1 is 1.33 bits per heavy atom. The van der Waals surface area contributed by atoms with Crippen LogP contribution in [0.4, 0.5) is 8.78 Å². The van der Waals surface area contributed by atoms with Crippen LogP contribution < -0.4 is 0 Å². The number of hydrogen-bond donors (Lipinski definition) is 0. The third-order valence-electron chi connectivity index (χ3n) is 1.78. The molecule has 1 atom stereocenters. The number of benzene rings is 1. The van der Waals surface area contributed by atoms with Crippen LogP contribution in [0.25, 0.3) is 0 Å². The standard InChI is InChI=1S/C10H10Br2F2O/c11-5-9(15-6-10(13)14)7-2-1-3-8(12)4-7/h1-4,9-10H,5-6H2. The van der Waals surface area contributed by atoms with Crippen LogP contribution in [-0.2, 0) is 4.74 Å². The molecule has 0 radical (unpaired) electrons. The molecule has 0 bridgehead atoms. The lowest BCUT2D eigenvalue weighted by Crippen LogP contribution is -2.11. The Bertz CT molecular complexity index is 307. The SMILES string of the molecule is FC(F)COC(CBr)c1cccc(Br)c1. The van der Waals surface area contributed by atoms with E-state index in [2.05, 4.69) is 31.9 Å². The molecule has 0 spiro atoms. The van der Waals surface area contributed by atoms with Gasteiger partial charge in [0.25, 0.3) is 6.43 Å². The van der Waals surface area contributed by atoms with Gasteiger partial charge in [0.15, 0.2) is 0 Å². The van der Waals surface area contributed by atoms with Gasteiger partial charge in [-0.25, -0.2) is 8.78 Å². The summed E-state index contributed by atoms with van der Waals surface area (Å²) in [6.07, 6.45) is -2.77. The Balaban J connectivity index is 2.65. The summed E-state index contributed by atoms with van der Waals surface area (Å²) in [6, 6.07) is 7.43. The predicted octanol–water partition coefficient (Wildman–Crippen LogP) is 4.17. The van der Waals surface area contributed by atoms with Gasteiger partial charge in [0, 0.05) is 9.80 Å². The largest absolute Gasteiger partial charge is 0.367 e. The van der Waals surface area contributed by atoms with Crippen molar-refractivity contribution in [3.63, 3.8) is 0 Å². The van der Waals surface area contributed by atoms with Gasteiger partial charge in [-0.15, -0.1) is 0 Å². The van der Waals surface area contributed by atoms with Gasteiger partial charge in [-0.2, -0.15) is 0 Å². The van der Waals surface area contributed by atoms with Crippen molar-refractivity contribution in [3.8, 4) is 0 Å². The van der Waals surface area contributed by atoms with Crippen LogP contribution in [0, 0.1) is 0 Å². The number of halogens is 4. The zero-order valence-corrected chi connectivity index (χ0v) is 11.0. The van der Waals surface area contributed by atoms with Gasteiger partial charge in [0.2, 0.25) is 0 Å². The molecule has 84 valence electrons. The first-order chi connectivity index (χ1) is 7.13. The van der Waals surface area contributed by atoms with Gasteiger partial charge < -0.3 is 4.74 Å². The molecule has 0 saturated heterocycles. The predicted molar refractivity (Wildman–Crippen MR) is 62.6 cm³/mol. The first kappa shape index (κ1) is 13.1. The minimum atomic E-state index is -2.43. The first-order valence-corrected chi connectivity index (χ1v) is 6.26. The first-order valence-electron chi connectivity index (χ1n) is 4.34. The maximum atomic E-state index is 12.0. The fourth-order valence-electron chi connectivity index (χ4n) is 1.13. The molecule has 0 aromatic heterocycles. The third-order valence-corrected chi connectivity index (χ3v) is 2.87. The van der Waals surface area contributed by atoms with Crippen LogP contribution in [0.1, 0.15) is 11.7 Å². The zero-order valence-electron chi connectivity index (χ0n) is 7.80. The van der Waals surface area contributed by atoms with Gasteiger partial charge in [-0.1, -0.05) is 44.0 Å². The van der Waals surface area contributed by atoms with Crippen molar-refractivity contribution >= 4 is 31.9 Å². The molecule has 0 amide bonds. The molecule has 0 aliphatic carbocycles. The second kappa shape index (κ2) is 6.55. The maximum Gasteiger partial charge on any atom is 0.261 e. The summed E-state index contributed by atoms with van der Waals surface area (Å²) in [4.78, 5) is 0. The van der Waals surface area contributed by atoms with E-state index in [1.54, 1.807) is 0 Å². The average molecular weight is 344 g/mol.